The first-order chi connectivity index (χ1) is 9.24. The van der Waals surface area contributed by atoms with Crippen molar-refractivity contribution in [1.29, 1.82) is 0 Å². The molecule has 3 rings (SSSR count). The van der Waals surface area contributed by atoms with Crippen molar-refractivity contribution in [2.24, 2.45) is 5.73 Å². The summed E-state index contributed by atoms with van der Waals surface area (Å²) < 4.78 is 2.33. The number of thioether (sulfide) groups is 1. The minimum absolute atomic E-state index is 0.107. The van der Waals surface area contributed by atoms with Gasteiger partial charge in [0.2, 0.25) is 0 Å². The van der Waals surface area contributed by atoms with Gasteiger partial charge in [0.1, 0.15) is 0 Å². The molecule has 0 radical (unpaired) electrons. The minimum Gasteiger partial charge on any atom is -0.327 e. The van der Waals surface area contributed by atoms with Crippen LogP contribution in [-0.4, -0.2) is 11.0 Å². The van der Waals surface area contributed by atoms with Crippen molar-refractivity contribution in [3.63, 3.8) is 0 Å². The number of rotatable bonds is 4. The van der Waals surface area contributed by atoms with E-state index < -0.39 is 0 Å². The molecule has 0 saturated carbocycles. The van der Waals surface area contributed by atoms with Crippen LogP contribution >= 0.6 is 34.4 Å². The molecule has 2 N–H and O–H groups in total. The number of hydrogen-bond acceptors (Lipinski definition) is 5. The molecule has 1 aromatic carbocycles. The van der Waals surface area contributed by atoms with E-state index in [0.717, 1.165) is 9.86 Å². The molecule has 0 amide bonds. The van der Waals surface area contributed by atoms with Crippen molar-refractivity contribution < 1.29 is 0 Å². The van der Waals surface area contributed by atoms with Crippen LogP contribution in [0.25, 0.3) is 10.2 Å². The van der Waals surface area contributed by atoms with Gasteiger partial charge in [-0.3, -0.25) is 0 Å². The maximum atomic E-state index is 6.13. The third kappa shape index (κ3) is 2.84. The van der Waals surface area contributed by atoms with Gasteiger partial charge in [-0.1, -0.05) is 30.0 Å². The van der Waals surface area contributed by atoms with Crippen LogP contribution in [0.3, 0.4) is 0 Å². The topological polar surface area (TPSA) is 38.9 Å². The number of hydrogen-bond donors (Lipinski definition) is 1. The van der Waals surface area contributed by atoms with Gasteiger partial charge >= 0.3 is 0 Å². The van der Waals surface area contributed by atoms with Gasteiger partial charge in [-0.2, -0.15) is 0 Å². The molecule has 0 bridgehead atoms. The Hall–Kier alpha value is -0.880. The zero-order valence-corrected chi connectivity index (χ0v) is 12.9. The number of benzene rings is 1. The van der Waals surface area contributed by atoms with Gasteiger partial charge in [0.05, 0.1) is 15.5 Å². The van der Waals surface area contributed by atoms with Gasteiger partial charge in [-0.05, 0) is 30.5 Å². The van der Waals surface area contributed by atoms with Gasteiger partial charge < -0.3 is 5.73 Å². The molecule has 2 heterocycles. The Morgan fingerprint density at radius 1 is 1.21 bits per heavy atom. The molecule has 0 fully saturated rings. The van der Waals surface area contributed by atoms with Crippen molar-refractivity contribution >= 4 is 44.7 Å². The largest absolute Gasteiger partial charge is 0.327 e. The first kappa shape index (κ1) is 13.1. The number of aromatic nitrogens is 1. The number of fused-ring (bicyclic) bond motifs is 1. The number of nitrogens with zero attached hydrogens (tertiary/aromatic N) is 1. The van der Waals surface area contributed by atoms with E-state index in [1.54, 1.807) is 34.4 Å². The number of nitrogens with two attached hydrogens (primary N) is 1. The quantitative estimate of drug-likeness (QED) is 0.719. The van der Waals surface area contributed by atoms with Gasteiger partial charge in [0.25, 0.3) is 0 Å². The highest BCUT2D eigenvalue weighted by molar-refractivity contribution is 8.01. The summed E-state index contributed by atoms with van der Waals surface area (Å²) in [7, 11) is 0. The van der Waals surface area contributed by atoms with Gasteiger partial charge in [0, 0.05) is 10.9 Å². The Kier molecular flexibility index (Phi) is 3.88. The molecule has 2 aromatic heterocycles. The molecule has 19 heavy (non-hydrogen) atoms. The van der Waals surface area contributed by atoms with Crippen LogP contribution in [0.1, 0.15) is 17.1 Å². The van der Waals surface area contributed by atoms with Crippen molar-refractivity contribution in [3.8, 4) is 0 Å². The summed E-state index contributed by atoms with van der Waals surface area (Å²) in [5.74, 6) is 0. The fourth-order valence-electron chi connectivity index (χ4n) is 1.89. The predicted octanol–water partition coefficient (Wildman–Crippen LogP) is 4.54. The van der Waals surface area contributed by atoms with E-state index in [-0.39, 0.29) is 11.3 Å². The molecule has 98 valence electrons. The van der Waals surface area contributed by atoms with Crippen molar-refractivity contribution in [2.45, 2.75) is 22.6 Å². The molecule has 0 aliphatic carbocycles. The number of thiophene rings is 1. The second kappa shape index (κ2) is 5.63. The van der Waals surface area contributed by atoms with Crippen LogP contribution in [-0.2, 0) is 0 Å². The third-order valence-electron chi connectivity index (χ3n) is 2.80. The van der Waals surface area contributed by atoms with Crippen LogP contribution in [0, 0.1) is 0 Å². The van der Waals surface area contributed by atoms with E-state index in [1.807, 2.05) is 6.07 Å². The third-order valence-corrected chi connectivity index (χ3v) is 6.51. The van der Waals surface area contributed by atoms with Gasteiger partial charge in [-0.15, -0.1) is 22.7 Å². The minimum atomic E-state index is 0.107. The molecule has 3 aromatic rings. The van der Waals surface area contributed by atoms with E-state index in [4.69, 9.17) is 5.73 Å². The zero-order chi connectivity index (χ0) is 13.2. The van der Waals surface area contributed by atoms with Crippen LogP contribution in [0.4, 0.5) is 0 Å². The van der Waals surface area contributed by atoms with E-state index >= 15 is 0 Å². The highest BCUT2D eigenvalue weighted by atomic mass is 32.2. The van der Waals surface area contributed by atoms with E-state index in [1.165, 1.54) is 9.58 Å². The lowest BCUT2D eigenvalue weighted by Gasteiger charge is -2.17. The first-order valence-electron chi connectivity index (χ1n) is 6.05. The normalized spacial score (nSPS) is 14.6. The predicted molar refractivity (Wildman–Crippen MR) is 86.2 cm³/mol. The average molecular weight is 306 g/mol. The van der Waals surface area contributed by atoms with Crippen molar-refractivity contribution in [2.75, 3.05) is 0 Å². The zero-order valence-electron chi connectivity index (χ0n) is 10.4. The molecule has 0 aliphatic heterocycles. The lowest BCUT2D eigenvalue weighted by molar-refractivity contribution is 0.730. The molecular weight excluding hydrogens is 292 g/mol. The fourth-order valence-corrected chi connectivity index (χ4v) is 5.27. The average Bonchev–Trinajstić information content (AvgIpc) is 3.04. The first-order valence-corrected chi connectivity index (χ1v) is 8.63. The summed E-state index contributed by atoms with van der Waals surface area (Å²) in [6, 6.07) is 12.6. The molecule has 5 heteroatoms. The fraction of sp³-hybridized carbons (Fsp3) is 0.214. The molecular formula is C14H14N2S3. The van der Waals surface area contributed by atoms with Crippen LogP contribution in [0.15, 0.2) is 46.1 Å². The van der Waals surface area contributed by atoms with E-state index in [0.29, 0.717) is 0 Å². The molecule has 0 spiro atoms. The summed E-state index contributed by atoms with van der Waals surface area (Å²) in [5.41, 5.74) is 7.21. The SMILES string of the molecule is CC(N)C(Sc1nc2ccccc2s1)c1cccs1. The van der Waals surface area contributed by atoms with Gasteiger partial charge in [-0.25, -0.2) is 4.98 Å². The Bertz CT molecular complexity index is 625. The smallest absolute Gasteiger partial charge is 0.151 e. The highest BCUT2D eigenvalue weighted by Crippen LogP contribution is 2.41. The van der Waals surface area contributed by atoms with E-state index in [9.17, 15) is 0 Å². The number of thiazole rings is 1. The van der Waals surface area contributed by atoms with E-state index in [2.05, 4.69) is 47.6 Å². The summed E-state index contributed by atoms with van der Waals surface area (Å²) in [5, 5.41) is 2.38. The standard InChI is InChI=1S/C14H14N2S3/c1-9(15)13(12-7-4-8-17-12)19-14-16-10-5-2-3-6-11(10)18-14/h2-9,13H,15H2,1H3. The summed E-state index contributed by atoms with van der Waals surface area (Å²) >= 11 is 5.28. The van der Waals surface area contributed by atoms with Gasteiger partial charge in [0.15, 0.2) is 4.34 Å². The van der Waals surface area contributed by atoms with Crippen LogP contribution in [0.2, 0.25) is 0 Å². The lowest BCUT2D eigenvalue weighted by Crippen LogP contribution is -2.21. The molecule has 0 aliphatic rings. The van der Waals surface area contributed by atoms with Crippen molar-refractivity contribution in [3.05, 3.63) is 46.7 Å². The Labute approximate surface area is 124 Å². The summed E-state index contributed by atoms with van der Waals surface area (Å²) in [6.45, 7) is 2.06. The second-order valence-corrected chi connectivity index (χ2v) is 7.76. The molecule has 2 nitrogen and oxygen atoms in total. The van der Waals surface area contributed by atoms with Crippen LogP contribution < -0.4 is 5.73 Å². The van der Waals surface area contributed by atoms with Crippen molar-refractivity contribution in [1.82, 2.24) is 4.98 Å². The van der Waals surface area contributed by atoms with Crippen LogP contribution in [0.5, 0.6) is 0 Å². The maximum absolute atomic E-state index is 6.13. The Balaban J connectivity index is 1.89. The second-order valence-electron chi connectivity index (χ2n) is 4.36. The number of para-hydroxylation sites is 1. The Morgan fingerprint density at radius 2 is 2.05 bits per heavy atom. The highest BCUT2D eigenvalue weighted by Gasteiger charge is 2.20. The maximum Gasteiger partial charge on any atom is 0.151 e. The molecule has 2 unspecified atom stereocenters. The summed E-state index contributed by atoms with van der Waals surface area (Å²) in [4.78, 5) is 5.99. The molecule has 0 saturated heterocycles. The Morgan fingerprint density at radius 3 is 2.74 bits per heavy atom. The monoisotopic (exact) mass is 306 g/mol. The molecule has 2 atom stereocenters. The lowest BCUT2D eigenvalue weighted by atomic mass is 10.2. The summed E-state index contributed by atoms with van der Waals surface area (Å²) in [6.07, 6.45) is 0.